The number of hydrogen-bond acceptors (Lipinski definition) is 3. The fourth-order valence-electron chi connectivity index (χ4n) is 1.98. The van der Waals surface area contributed by atoms with Crippen LogP contribution in [0.25, 0.3) is 0 Å². The number of anilines is 3. The lowest BCUT2D eigenvalue weighted by atomic mass is 10.2. The zero-order chi connectivity index (χ0) is 12.8. The highest BCUT2D eigenvalue weighted by Gasteiger charge is 2.34. The SMILES string of the molecule is Cc1ccncc1N1c2ccccc2NS1(=O)=O. The summed E-state index contributed by atoms with van der Waals surface area (Å²) in [5.74, 6) is 0. The van der Waals surface area contributed by atoms with Crippen molar-refractivity contribution in [3.63, 3.8) is 0 Å². The van der Waals surface area contributed by atoms with Crippen molar-refractivity contribution < 1.29 is 8.42 Å². The lowest BCUT2D eigenvalue weighted by Gasteiger charge is -2.18. The number of para-hydroxylation sites is 2. The highest BCUT2D eigenvalue weighted by atomic mass is 32.2. The first kappa shape index (κ1) is 11.0. The van der Waals surface area contributed by atoms with Gasteiger partial charge in [0.1, 0.15) is 0 Å². The van der Waals surface area contributed by atoms with Crippen molar-refractivity contribution in [1.82, 2.24) is 4.98 Å². The Labute approximate surface area is 105 Å². The Hall–Kier alpha value is -2.08. The summed E-state index contributed by atoms with van der Waals surface area (Å²) in [4.78, 5) is 3.99. The third-order valence-electron chi connectivity index (χ3n) is 2.83. The zero-order valence-corrected chi connectivity index (χ0v) is 10.5. The molecule has 1 aromatic carbocycles. The van der Waals surface area contributed by atoms with Gasteiger partial charge < -0.3 is 0 Å². The Kier molecular flexibility index (Phi) is 2.27. The maximum atomic E-state index is 12.2. The van der Waals surface area contributed by atoms with Crippen LogP contribution in [0, 0.1) is 6.92 Å². The Balaban J connectivity index is 2.26. The predicted octanol–water partition coefficient (Wildman–Crippen LogP) is 2.20. The van der Waals surface area contributed by atoms with Crippen molar-refractivity contribution in [3.8, 4) is 0 Å². The summed E-state index contributed by atoms with van der Waals surface area (Å²) in [6.45, 7) is 1.85. The van der Waals surface area contributed by atoms with Gasteiger partial charge in [-0.15, -0.1) is 0 Å². The molecule has 0 amide bonds. The van der Waals surface area contributed by atoms with Gasteiger partial charge in [-0.25, -0.2) is 4.31 Å². The molecule has 0 aliphatic carbocycles. The van der Waals surface area contributed by atoms with Gasteiger partial charge in [-0.3, -0.25) is 9.71 Å². The third-order valence-corrected chi connectivity index (χ3v) is 4.18. The van der Waals surface area contributed by atoms with Crippen molar-refractivity contribution >= 4 is 27.3 Å². The molecule has 92 valence electrons. The number of nitrogens with one attached hydrogen (secondary N) is 1. The van der Waals surface area contributed by atoms with E-state index >= 15 is 0 Å². The first-order valence-corrected chi connectivity index (χ1v) is 6.86. The van der Waals surface area contributed by atoms with E-state index < -0.39 is 10.2 Å². The molecule has 5 nitrogen and oxygen atoms in total. The normalized spacial score (nSPS) is 16.2. The molecule has 0 saturated heterocycles. The van der Waals surface area contributed by atoms with Crippen LogP contribution in [0.4, 0.5) is 17.1 Å². The van der Waals surface area contributed by atoms with Gasteiger partial charge in [-0.1, -0.05) is 12.1 Å². The van der Waals surface area contributed by atoms with E-state index in [4.69, 9.17) is 0 Å². The molecule has 0 bridgehead atoms. The summed E-state index contributed by atoms with van der Waals surface area (Å²) in [5, 5.41) is 0. The van der Waals surface area contributed by atoms with E-state index in [-0.39, 0.29) is 0 Å². The fraction of sp³-hybridized carbons (Fsp3) is 0.0833. The van der Waals surface area contributed by atoms with Gasteiger partial charge in [0.2, 0.25) is 0 Å². The maximum absolute atomic E-state index is 12.2. The van der Waals surface area contributed by atoms with Crippen LogP contribution in [0.1, 0.15) is 5.56 Å². The largest absolute Gasteiger partial charge is 0.328 e. The molecule has 18 heavy (non-hydrogen) atoms. The Bertz CT molecular complexity index is 713. The molecule has 1 aromatic heterocycles. The third kappa shape index (κ3) is 1.53. The van der Waals surface area contributed by atoms with Crippen molar-refractivity contribution in [2.24, 2.45) is 0 Å². The van der Waals surface area contributed by atoms with Crippen LogP contribution in [0.5, 0.6) is 0 Å². The smallest absolute Gasteiger partial charge is 0.264 e. The van der Waals surface area contributed by atoms with Gasteiger partial charge in [0.05, 0.1) is 23.3 Å². The monoisotopic (exact) mass is 261 g/mol. The summed E-state index contributed by atoms with van der Waals surface area (Å²) in [6, 6.07) is 8.88. The van der Waals surface area contributed by atoms with Crippen molar-refractivity contribution in [1.29, 1.82) is 0 Å². The van der Waals surface area contributed by atoms with E-state index in [1.807, 2.05) is 6.92 Å². The molecule has 6 heteroatoms. The van der Waals surface area contributed by atoms with Gasteiger partial charge in [-0.05, 0) is 30.7 Å². The Morgan fingerprint density at radius 2 is 1.94 bits per heavy atom. The van der Waals surface area contributed by atoms with E-state index in [0.717, 1.165) is 5.56 Å². The van der Waals surface area contributed by atoms with Crippen LogP contribution in [0.2, 0.25) is 0 Å². The van der Waals surface area contributed by atoms with Crippen LogP contribution in [0.15, 0.2) is 42.7 Å². The highest BCUT2D eigenvalue weighted by Crippen LogP contribution is 2.41. The van der Waals surface area contributed by atoms with Crippen molar-refractivity contribution in [2.45, 2.75) is 6.92 Å². The number of benzene rings is 1. The minimum absolute atomic E-state index is 0.565. The fourth-order valence-corrected chi connectivity index (χ4v) is 3.39. The van der Waals surface area contributed by atoms with Gasteiger partial charge in [0.15, 0.2) is 0 Å². The van der Waals surface area contributed by atoms with Gasteiger partial charge in [0.25, 0.3) is 0 Å². The second-order valence-corrected chi connectivity index (χ2v) is 5.57. The summed E-state index contributed by atoms with van der Waals surface area (Å²) >= 11 is 0. The average molecular weight is 261 g/mol. The first-order chi connectivity index (χ1) is 8.59. The van der Waals surface area contributed by atoms with Gasteiger partial charge >= 0.3 is 10.2 Å². The number of fused-ring (bicyclic) bond motifs is 1. The highest BCUT2D eigenvalue weighted by molar-refractivity contribution is 7.95. The van der Waals surface area contributed by atoms with E-state index in [0.29, 0.717) is 17.1 Å². The molecule has 0 fully saturated rings. The van der Waals surface area contributed by atoms with Crippen LogP contribution >= 0.6 is 0 Å². The summed E-state index contributed by atoms with van der Waals surface area (Å²) in [7, 11) is -3.58. The Morgan fingerprint density at radius 1 is 1.17 bits per heavy atom. The molecule has 3 rings (SSSR count). The molecule has 2 aromatic rings. The van der Waals surface area contributed by atoms with Gasteiger partial charge in [-0.2, -0.15) is 8.42 Å². The summed E-state index contributed by atoms with van der Waals surface area (Å²) in [5.41, 5.74) is 2.62. The van der Waals surface area contributed by atoms with Crippen LogP contribution < -0.4 is 9.03 Å². The minimum atomic E-state index is -3.58. The van der Waals surface area contributed by atoms with E-state index in [9.17, 15) is 8.42 Å². The van der Waals surface area contributed by atoms with E-state index in [1.165, 1.54) is 4.31 Å². The first-order valence-electron chi connectivity index (χ1n) is 5.42. The quantitative estimate of drug-likeness (QED) is 0.856. The second-order valence-electron chi connectivity index (χ2n) is 4.05. The minimum Gasteiger partial charge on any atom is -0.264 e. The van der Waals surface area contributed by atoms with Crippen molar-refractivity contribution in [2.75, 3.05) is 9.03 Å². The lowest BCUT2D eigenvalue weighted by Crippen LogP contribution is -2.25. The number of aryl methyl sites for hydroxylation is 1. The number of pyridine rings is 1. The molecule has 0 atom stereocenters. The molecule has 2 heterocycles. The molecule has 0 radical (unpaired) electrons. The zero-order valence-electron chi connectivity index (χ0n) is 9.66. The van der Waals surface area contributed by atoms with Gasteiger partial charge in [0, 0.05) is 6.20 Å². The van der Waals surface area contributed by atoms with Crippen LogP contribution in [0.3, 0.4) is 0 Å². The lowest BCUT2D eigenvalue weighted by molar-refractivity contribution is 0.603. The molecule has 0 unspecified atom stereocenters. The molecule has 0 spiro atoms. The average Bonchev–Trinajstić information content (AvgIpc) is 2.60. The number of hydrogen-bond donors (Lipinski definition) is 1. The van der Waals surface area contributed by atoms with Crippen molar-refractivity contribution in [3.05, 3.63) is 48.3 Å². The van der Waals surface area contributed by atoms with E-state index in [2.05, 4.69) is 9.71 Å². The van der Waals surface area contributed by atoms with Crippen LogP contribution in [-0.4, -0.2) is 13.4 Å². The molecular weight excluding hydrogens is 250 g/mol. The molecule has 1 aliphatic heterocycles. The molecule has 1 aliphatic rings. The molecule has 1 N–H and O–H groups in total. The molecule has 0 saturated carbocycles. The maximum Gasteiger partial charge on any atom is 0.328 e. The summed E-state index contributed by atoms with van der Waals surface area (Å²) < 4.78 is 28.1. The number of rotatable bonds is 1. The van der Waals surface area contributed by atoms with Crippen LogP contribution in [-0.2, 0) is 10.2 Å². The van der Waals surface area contributed by atoms with E-state index in [1.54, 1.807) is 42.7 Å². The standard InChI is InChI=1S/C12H11N3O2S/c1-9-6-7-13-8-12(9)15-11-5-3-2-4-10(11)14-18(15,16)17/h2-8,14H,1H3. The number of nitrogens with zero attached hydrogens (tertiary/aromatic N) is 2. The summed E-state index contributed by atoms with van der Waals surface area (Å²) in [6.07, 6.45) is 3.19. The molecular formula is C12H11N3O2S. The predicted molar refractivity (Wildman–Crippen MR) is 70.1 cm³/mol. The Morgan fingerprint density at radius 3 is 2.72 bits per heavy atom. The second kappa shape index (κ2) is 3.71. The topological polar surface area (TPSA) is 62.3 Å². The number of aromatic nitrogens is 1.